The highest BCUT2D eigenvalue weighted by Gasteiger charge is 2.08. The molecule has 0 aliphatic carbocycles. The normalized spacial score (nSPS) is 11.1. The van der Waals surface area contributed by atoms with Gasteiger partial charge in [-0.3, -0.25) is 4.79 Å². The molecule has 1 aromatic heterocycles. The van der Waals surface area contributed by atoms with Gasteiger partial charge < -0.3 is 20.3 Å². The monoisotopic (exact) mass is 397 g/mol. The molecule has 29 heavy (non-hydrogen) atoms. The lowest BCUT2D eigenvalue weighted by atomic mass is 10.1. The van der Waals surface area contributed by atoms with Gasteiger partial charge in [-0.2, -0.15) is 0 Å². The van der Waals surface area contributed by atoms with Crippen LogP contribution in [-0.2, 0) is 13.0 Å². The van der Waals surface area contributed by atoms with Crippen LogP contribution in [0.3, 0.4) is 0 Å². The van der Waals surface area contributed by atoms with E-state index >= 15 is 0 Å². The molecular formula is C22H31N5O2. The fraction of sp³-hybridized carbons (Fsp3) is 0.409. The van der Waals surface area contributed by atoms with Crippen molar-refractivity contribution in [1.29, 1.82) is 0 Å². The predicted octanol–water partition coefficient (Wildman–Crippen LogP) is 2.48. The molecule has 0 unspecified atom stereocenters. The van der Waals surface area contributed by atoms with Crippen molar-refractivity contribution in [2.45, 2.75) is 26.8 Å². The Morgan fingerprint density at radius 2 is 1.97 bits per heavy atom. The third-order valence-corrected chi connectivity index (χ3v) is 4.14. The molecule has 0 radical (unpaired) electrons. The molecule has 0 fully saturated rings. The van der Waals surface area contributed by atoms with Gasteiger partial charge in [0.2, 0.25) is 5.88 Å². The van der Waals surface area contributed by atoms with Gasteiger partial charge in [-0.25, -0.2) is 9.98 Å². The van der Waals surface area contributed by atoms with Crippen LogP contribution in [0, 0.1) is 0 Å². The van der Waals surface area contributed by atoms with Gasteiger partial charge in [-0.05, 0) is 49.6 Å². The number of rotatable bonds is 9. The Labute approximate surface area is 173 Å². The summed E-state index contributed by atoms with van der Waals surface area (Å²) in [6, 6.07) is 11.6. The molecule has 0 bridgehead atoms. The molecule has 0 saturated heterocycles. The minimum Gasteiger partial charge on any atom is -0.478 e. The second-order valence-electron chi connectivity index (χ2n) is 6.71. The molecule has 0 saturated carbocycles. The summed E-state index contributed by atoms with van der Waals surface area (Å²) < 4.78 is 5.44. The molecule has 1 aromatic carbocycles. The Kier molecular flexibility index (Phi) is 8.95. The van der Waals surface area contributed by atoms with Crippen LogP contribution in [0.2, 0.25) is 0 Å². The van der Waals surface area contributed by atoms with Crippen LogP contribution in [0.4, 0.5) is 0 Å². The SMILES string of the molecule is CCNC(=NCc1ccnc(OCC)c1)NCCc1cccc(C(=O)N(C)C)c1. The lowest BCUT2D eigenvalue weighted by molar-refractivity contribution is 0.0827. The molecule has 156 valence electrons. The first kappa shape index (κ1) is 22.2. The van der Waals surface area contributed by atoms with Crippen LogP contribution < -0.4 is 15.4 Å². The summed E-state index contributed by atoms with van der Waals surface area (Å²) in [5.41, 5.74) is 2.85. The largest absolute Gasteiger partial charge is 0.478 e. The molecule has 0 atom stereocenters. The highest BCUT2D eigenvalue weighted by molar-refractivity contribution is 5.94. The van der Waals surface area contributed by atoms with Crippen LogP contribution in [0.25, 0.3) is 0 Å². The van der Waals surface area contributed by atoms with E-state index in [1.165, 1.54) is 0 Å². The van der Waals surface area contributed by atoms with Gasteiger partial charge in [0.25, 0.3) is 5.91 Å². The van der Waals surface area contributed by atoms with Crippen LogP contribution in [0.1, 0.15) is 35.3 Å². The summed E-state index contributed by atoms with van der Waals surface area (Å²) in [6.07, 6.45) is 2.53. The van der Waals surface area contributed by atoms with Gasteiger partial charge in [0.1, 0.15) is 0 Å². The molecule has 2 N–H and O–H groups in total. The van der Waals surface area contributed by atoms with Crippen molar-refractivity contribution >= 4 is 11.9 Å². The molecular weight excluding hydrogens is 366 g/mol. The van der Waals surface area contributed by atoms with Crippen LogP contribution in [-0.4, -0.2) is 55.5 Å². The number of nitrogens with one attached hydrogen (secondary N) is 2. The number of nitrogens with zero attached hydrogens (tertiary/aromatic N) is 3. The van der Waals surface area contributed by atoms with E-state index in [1.807, 2.05) is 50.2 Å². The number of hydrogen-bond acceptors (Lipinski definition) is 4. The summed E-state index contributed by atoms with van der Waals surface area (Å²) >= 11 is 0. The lowest BCUT2D eigenvalue weighted by Gasteiger charge is -2.13. The summed E-state index contributed by atoms with van der Waals surface area (Å²) in [5.74, 6) is 1.38. The zero-order valence-electron chi connectivity index (χ0n) is 17.7. The number of carbonyl (C=O) groups is 1. The van der Waals surface area contributed by atoms with Gasteiger partial charge in [-0.15, -0.1) is 0 Å². The topological polar surface area (TPSA) is 78.9 Å². The molecule has 1 heterocycles. The average Bonchev–Trinajstić information content (AvgIpc) is 2.72. The summed E-state index contributed by atoms with van der Waals surface area (Å²) in [6.45, 7) is 6.58. The minimum atomic E-state index is 0.0125. The van der Waals surface area contributed by atoms with Crippen LogP contribution in [0.15, 0.2) is 47.6 Å². The van der Waals surface area contributed by atoms with Crippen molar-refractivity contribution in [3.63, 3.8) is 0 Å². The molecule has 0 aliphatic heterocycles. The lowest BCUT2D eigenvalue weighted by Crippen LogP contribution is -2.38. The Bertz CT molecular complexity index is 820. The number of hydrogen-bond donors (Lipinski definition) is 2. The number of carbonyl (C=O) groups excluding carboxylic acids is 1. The van der Waals surface area contributed by atoms with Gasteiger partial charge in [0, 0.05) is 45.0 Å². The van der Waals surface area contributed by atoms with Crippen LogP contribution >= 0.6 is 0 Å². The number of amides is 1. The maximum absolute atomic E-state index is 12.1. The Balaban J connectivity index is 1.94. The van der Waals surface area contributed by atoms with Gasteiger partial charge >= 0.3 is 0 Å². The third kappa shape index (κ3) is 7.44. The number of guanidine groups is 1. The molecule has 2 rings (SSSR count). The maximum atomic E-state index is 12.1. The fourth-order valence-corrected chi connectivity index (χ4v) is 2.73. The van der Waals surface area contributed by atoms with Crippen molar-refractivity contribution in [3.8, 4) is 5.88 Å². The fourth-order valence-electron chi connectivity index (χ4n) is 2.73. The van der Waals surface area contributed by atoms with Crippen molar-refractivity contribution in [3.05, 3.63) is 59.3 Å². The highest BCUT2D eigenvalue weighted by Crippen LogP contribution is 2.10. The molecule has 2 aromatic rings. The second-order valence-corrected chi connectivity index (χ2v) is 6.71. The minimum absolute atomic E-state index is 0.0125. The van der Waals surface area contributed by atoms with Crippen molar-refractivity contribution in [2.75, 3.05) is 33.8 Å². The van der Waals surface area contributed by atoms with Gasteiger partial charge in [0.05, 0.1) is 13.2 Å². The molecule has 1 amide bonds. The average molecular weight is 398 g/mol. The number of aliphatic imine (C=N–C) groups is 1. The van der Waals surface area contributed by atoms with E-state index in [4.69, 9.17) is 4.74 Å². The zero-order valence-corrected chi connectivity index (χ0v) is 17.7. The Hall–Kier alpha value is -3.09. The first-order valence-electron chi connectivity index (χ1n) is 9.94. The number of ether oxygens (including phenoxy) is 1. The first-order chi connectivity index (χ1) is 14.0. The summed E-state index contributed by atoms with van der Waals surface area (Å²) in [7, 11) is 3.52. The van der Waals surface area contributed by atoms with Gasteiger partial charge in [0.15, 0.2) is 5.96 Å². The predicted molar refractivity (Wildman–Crippen MR) is 116 cm³/mol. The van der Waals surface area contributed by atoms with Gasteiger partial charge in [-0.1, -0.05) is 12.1 Å². The Morgan fingerprint density at radius 1 is 1.14 bits per heavy atom. The standard InChI is InChI=1S/C22H31N5O2/c1-5-23-22(26-16-18-11-12-24-20(15-18)29-6-2)25-13-10-17-8-7-9-19(14-17)21(28)27(3)4/h7-9,11-12,14-15H,5-6,10,13,16H2,1-4H3,(H2,23,25,26). The van der Waals surface area contributed by atoms with Crippen molar-refractivity contribution in [2.24, 2.45) is 4.99 Å². The first-order valence-corrected chi connectivity index (χ1v) is 9.94. The van der Waals surface area contributed by atoms with E-state index in [0.29, 0.717) is 31.1 Å². The van der Waals surface area contributed by atoms with E-state index in [-0.39, 0.29) is 5.91 Å². The van der Waals surface area contributed by atoms with E-state index in [2.05, 4.69) is 20.6 Å². The summed E-state index contributed by atoms with van der Waals surface area (Å²) in [4.78, 5) is 22.5. The van der Waals surface area contributed by atoms with E-state index in [1.54, 1.807) is 25.2 Å². The number of pyridine rings is 1. The zero-order chi connectivity index (χ0) is 21.1. The maximum Gasteiger partial charge on any atom is 0.253 e. The highest BCUT2D eigenvalue weighted by atomic mass is 16.5. The quantitative estimate of drug-likeness (QED) is 0.502. The number of benzene rings is 1. The molecule has 0 spiro atoms. The second kappa shape index (κ2) is 11.7. The molecule has 0 aliphatic rings. The van der Waals surface area contributed by atoms with Crippen molar-refractivity contribution in [1.82, 2.24) is 20.5 Å². The molecule has 7 nitrogen and oxygen atoms in total. The number of aromatic nitrogens is 1. The van der Waals surface area contributed by atoms with Crippen LogP contribution in [0.5, 0.6) is 5.88 Å². The van der Waals surface area contributed by atoms with E-state index in [0.717, 1.165) is 30.1 Å². The Morgan fingerprint density at radius 3 is 2.69 bits per heavy atom. The third-order valence-electron chi connectivity index (χ3n) is 4.14. The van der Waals surface area contributed by atoms with E-state index in [9.17, 15) is 4.79 Å². The molecule has 7 heteroatoms. The summed E-state index contributed by atoms with van der Waals surface area (Å²) in [5, 5.41) is 6.60. The van der Waals surface area contributed by atoms with E-state index < -0.39 is 0 Å². The van der Waals surface area contributed by atoms with Crippen molar-refractivity contribution < 1.29 is 9.53 Å². The smallest absolute Gasteiger partial charge is 0.253 e.